The average Bonchev–Trinajstić information content (AvgIpc) is 3.12. The Labute approximate surface area is 212 Å². The van der Waals surface area contributed by atoms with Crippen LogP contribution in [-0.4, -0.2) is 35.3 Å². The van der Waals surface area contributed by atoms with Gasteiger partial charge < -0.3 is 14.6 Å². The normalized spacial score (nSPS) is 15.4. The third-order valence-corrected chi connectivity index (χ3v) is 7.07. The molecule has 0 fully saturated rings. The van der Waals surface area contributed by atoms with Crippen molar-refractivity contribution in [2.24, 2.45) is 4.99 Å². The van der Waals surface area contributed by atoms with E-state index >= 15 is 0 Å². The predicted octanol–water partition coefficient (Wildman–Crippen LogP) is 3.27. The molecule has 1 aromatic heterocycles. The zero-order valence-electron chi connectivity index (χ0n) is 19.1. The van der Waals surface area contributed by atoms with Crippen LogP contribution < -0.4 is 19.6 Å². The number of esters is 1. The fourth-order valence-electron chi connectivity index (χ4n) is 3.83. The molecule has 0 spiro atoms. The van der Waals surface area contributed by atoms with Gasteiger partial charge in [-0.05, 0) is 71.2 Å². The number of halogens is 1. The molecule has 8 nitrogen and oxygen atoms in total. The van der Waals surface area contributed by atoms with Crippen LogP contribution >= 0.6 is 27.3 Å². The number of ether oxygens (including phenoxy) is 2. The molecule has 1 aliphatic heterocycles. The van der Waals surface area contributed by atoms with Crippen molar-refractivity contribution in [3.05, 3.63) is 94.6 Å². The number of aromatic carboxylic acids is 1. The smallest absolute Gasteiger partial charge is 0.338 e. The van der Waals surface area contributed by atoms with Gasteiger partial charge in [-0.1, -0.05) is 29.5 Å². The highest BCUT2D eigenvalue weighted by Gasteiger charge is 2.33. The van der Waals surface area contributed by atoms with E-state index in [0.717, 1.165) is 0 Å². The number of benzene rings is 2. The Morgan fingerprint density at radius 1 is 1.23 bits per heavy atom. The summed E-state index contributed by atoms with van der Waals surface area (Å²) in [5, 5.41) is 9.12. The third kappa shape index (κ3) is 4.71. The number of hydrogen-bond donors (Lipinski definition) is 1. The molecule has 0 radical (unpaired) electrons. The number of nitrogens with zero attached hydrogens (tertiary/aromatic N) is 2. The van der Waals surface area contributed by atoms with Crippen LogP contribution in [0.4, 0.5) is 0 Å². The Balaban J connectivity index is 1.92. The highest BCUT2D eigenvalue weighted by Crippen LogP contribution is 2.34. The molecule has 0 saturated carbocycles. The highest BCUT2D eigenvalue weighted by molar-refractivity contribution is 9.10. The molecule has 0 aliphatic carbocycles. The highest BCUT2D eigenvalue weighted by atomic mass is 79.9. The Morgan fingerprint density at radius 3 is 2.54 bits per heavy atom. The molecular formula is C25H21BrN2O6S. The SMILES string of the molecule is CCOC(=O)C1=C(C)N=c2s/c(=C\c3ccc(C(=O)O)cc3)c(=O)n2[C@@H]1c1ccc(OC)c(Br)c1. The fraction of sp³-hybridized carbons (Fsp3) is 0.200. The van der Waals surface area contributed by atoms with E-state index in [4.69, 9.17) is 14.6 Å². The first-order valence-electron chi connectivity index (χ1n) is 10.6. The van der Waals surface area contributed by atoms with E-state index in [0.29, 0.717) is 36.4 Å². The molecule has 0 amide bonds. The van der Waals surface area contributed by atoms with Crippen LogP contribution in [0.25, 0.3) is 6.08 Å². The van der Waals surface area contributed by atoms with Gasteiger partial charge in [0, 0.05) is 0 Å². The van der Waals surface area contributed by atoms with E-state index in [9.17, 15) is 14.4 Å². The first-order valence-corrected chi connectivity index (χ1v) is 12.2. The summed E-state index contributed by atoms with van der Waals surface area (Å²) in [6.45, 7) is 3.63. The number of thiazole rings is 1. The Morgan fingerprint density at radius 2 is 1.94 bits per heavy atom. The minimum atomic E-state index is -1.02. The van der Waals surface area contributed by atoms with Gasteiger partial charge in [-0.2, -0.15) is 0 Å². The number of carboxylic acid groups (broad SMARTS) is 1. The summed E-state index contributed by atoms with van der Waals surface area (Å²) in [5.41, 5.74) is 1.96. The van der Waals surface area contributed by atoms with Crippen molar-refractivity contribution < 1.29 is 24.2 Å². The summed E-state index contributed by atoms with van der Waals surface area (Å²) in [7, 11) is 1.56. The lowest BCUT2D eigenvalue weighted by atomic mass is 9.96. The van der Waals surface area contributed by atoms with Crippen molar-refractivity contribution in [3.8, 4) is 5.75 Å². The van der Waals surface area contributed by atoms with Gasteiger partial charge in [0.25, 0.3) is 5.56 Å². The number of aromatic nitrogens is 1. The second kappa shape index (κ2) is 10.0. The quantitative estimate of drug-likeness (QED) is 0.467. The minimum absolute atomic E-state index is 0.156. The molecule has 0 unspecified atom stereocenters. The minimum Gasteiger partial charge on any atom is -0.496 e. The average molecular weight is 557 g/mol. The van der Waals surface area contributed by atoms with Crippen molar-refractivity contribution >= 4 is 45.3 Å². The fourth-order valence-corrected chi connectivity index (χ4v) is 5.44. The van der Waals surface area contributed by atoms with Crippen LogP contribution in [0.2, 0.25) is 0 Å². The lowest BCUT2D eigenvalue weighted by molar-refractivity contribution is -0.139. The second-order valence-electron chi connectivity index (χ2n) is 7.62. The molecule has 180 valence electrons. The van der Waals surface area contributed by atoms with Crippen molar-refractivity contribution in [3.63, 3.8) is 0 Å². The molecule has 1 N–H and O–H groups in total. The molecule has 2 aromatic carbocycles. The Bertz CT molecular complexity index is 1540. The van der Waals surface area contributed by atoms with Crippen LogP contribution in [0.15, 0.2) is 68.0 Å². The van der Waals surface area contributed by atoms with Crippen LogP contribution in [0.3, 0.4) is 0 Å². The van der Waals surface area contributed by atoms with Crippen molar-refractivity contribution in [1.82, 2.24) is 4.57 Å². The van der Waals surface area contributed by atoms with E-state index in [1.54, 1.807) is 51.3 Å². The van der Waals surface area contributed by atoms with Crippen molar-refractivity contribution in [2.45, 2.75) is 19.9 Å². The second-order valence-corrected chi connectivity index (χ2v) is 9.49. The number of hydrogen-bond acceptors (Lipinski definition) is 7. The molecule has 35 heavy (non-hydrogen) atoms. The van der Waals surface area contributed by atoms with E-state index in [2.05, 4.69) is 20.9 Å². The number of fused-ring (bicyclic) bond motifs is 1. The lowest BCUT2D eigenvalue weighted by Crippen LogP contribution is -2.39. The van der Waals surface area contributed by atoms with Gasteiger partial charge in [-0.3, -0.25) is 9.36 Å². The summed E-state index contributed by atoms with van der Waals surface area (Å²) in [4.78, 5) is 42.7. The van der Waals surface area contributed by atoms with Gasteiger partial charge in [-0.25, -0.2) is 14.6 Å². The zero-order valence-corrected chi connectivity index (χ0v) is 21.5. The number of allylic oxidation sites excluding steroid dienone is 1. The topological polar surface area (TPSA) is 107 Å². The van der Waals surface area contributed by atoms with Gasteiger partial charge >= 0.3 is 11.9 Å². The monoisotopic (exact) mass is 556 g/mol. The molecule has 0 saturated heterocycles. The number of methoxy groups -OCH3 is 1. The molecule has 0 bridgehead atoms. The largest absolute Gasteiger partial charge is 0.496 e. The summed E-state index contributed by atoms with van der Waals surface area (Å²) >= 11 is 4.68. The summed E-state index contributed by atoms with van der Waals surface area (Å²) in [5.74, 6) is -0.947. The van der Waals surface area contributed by atoms with E-state index in [-0.39, 0.29) is 23.3 Å². The van der Waals surface area contributed by atoms with Crippen LogP contribution in [0.1, 0.15) is 41.4 Å². The van der Waals surface area contributed by atoms with Crippen LogP contribution in [-0.2, 0) is 9.53 Å². The predicted molar refractivity (Wildman–Crippen MR) is 134 cm³/mol. The maximum absolute atomic E-state index is 13.6. The van der Waals surface area contributed by atoms with Crippen molar-refractivity contribution in [2.75, 3.05) is 13.7 Å². The Hall–Kier alpha value is -3.50. The maximum Gasteiger partial charge on any atom is 0.338 e. The maximum atomic E-state index is 13.6. The van der Waals surface area contributed by atoms with Gasteiger partial charge in [0.05, 0.1) is 45.6 Å². The number of carbonyl (C=O) groups is 2. The summed E-state index contributed by atoms with van der Waals surface area (Å²) in [6.07, 6.45) is 1.68. The standard InChI is InChI=1S/C25H21BrN2O6S/c1-4-34-24(32)20-13(2)27-25-28(21(20)16-9-10-18(33-3)17(26)12-16)22(29)19(35-25)11-14-5-7-15(8-6-14)23(30)31/h5-12,21H,4H2,1-3H3,(H,30,31)/b19-11-/t21-/m1/s1. The number of rotatable bonds is 6. The Kier molecular flexibility index (Phi) is 7.04. The summed E-state index contributed by atoms with van der Waals surface area (Å²) in [6, 6.07) is 10.8. The van der Waals surface area contributed by atoms with Gasteiger partial charge in [0.2, 0.25) is 0 Å². The molecule has 3 aromatic rings. The molecular weight excluding hydrogens is 536 g/mol. The van der Waals surface area contributed by atoms with Gasteiger partial charge in [0.1, 0.15) is 5.75 Å². The number of carbonyl (C=O) groups excluding carboxylic acids is 1. The summed E-state index contributed by atoms with van der Waals surface area (Å²) < 4.78 is 13.2. The first-order chi connectivity index (χ1) is 16.7. The van der Waals surface area contributed by atoms with E-state index in [1.165, 1.54) is 28.0 Å². The van der Waals surface area contributed by atoms with Gasteiger partial charge in [0.15, 0.2) is 4.80 Å². The van der Waals surface area contributed by atoms with Crippen molar-refractivity contribution in [1.29, 1.82) is 0 Å². The van der Waals surface area contributed by atoms with E-state index in [1.807, 2.05) is 6.07 Å². The first kappa shape index (κ1) is 24.6. The molecule has 1 aliphatic rings. The van der Waals surface area contributed by atoms with Gasteiger partial charge in [-0.15, -0.1) is 0 Å². The van der Waals surface area contributed by atoms with E-state index < -0.39 is 18.0 Å². The zero-order chi connectivity index (χ0) is 25.3. The third-order valence-electron chi connectivity index (χ3n) is 5.46. The molecule has 2 heterocycles. The molecule has 1 atom stereocenters. The molecule has 10 heteroatoms. The molecule has 4 rings (SSSR count). The lowest BCUT2D eigenvalue weighted by Gasteiger charge is -2.25. The van der Waals surface area contributed by atoms with Crippen LogP contribution in [0.5, 0.6) is 5.75 Å². The number of carboxylic acids is 1. The van der Waals surface area contributed by atoms with Crippen LogP contribution in [0, 0.1) is 0 Å².